The minimum atomic E-state index is -0.597. The maximum atomic E-state index is 12.1. The third-order valence-electron chi connectivity index (χ3n) is 3.87. The molecular weight excluding hydrogens is 380 g/mol. The van der Waals surface area contributed by atoms with Crippen LogP contribution in [0, 0.1) is 0 Å². The van der Waals surface area contributed by atoms with E-state index in [-0.39, 0.29) is 34.9 Å². The zero-order valence-electron chi connectivity index (χ0n) is 14.9. The van der Waals surface area contributed by atoms with Gasteiger partial charge >= 0.3 is 0 Å². The second-order valence-electron chi connectivity index (χ2n) is 6.01. The number of amidine groups is 1. The van der Waals surface area contributed by atoms with Crippen LogP contribution in [0.2, 0.25) is 0 Å². The van der Waals surface area contributed by atoms with Crippen molar-refractivity contribution in [1.82, 2.24) is 5.32 Å². The average molecular weight is 398 g/mol. The van der Waals surface area contributed by atoms with Crippen LogP contribution in [-0.4, -0.2) is 38.2 Å². The van der Waals surface area contributed by atoms with Gasteiger partial charge < -0.3 is 20.8 Å². The zero-order chi connectivity index (χ0) is 20.1. The summed E-state index contributed by atoms with van der Waals surface area (Å²) in [5.74, 6) is -0.767. The Morgan fingerprint density at radius 2 is 1.96 bits per heavy atom. The number of anilines is 1. The van der Waals surface area contributed by atoms with Crippen LogP contribution in [0.15, 0.2) is 58.7 Å². The molecular formula is C19H18N4O4S. The molecule has 0 aromatic heterocycles. The number of carbonyl (C=O) groups is 2. The number of thioether (sulfide) groups is 1. The Kier molecular flexibility index (Phi) is 5.95. The average Bonchev–Trinajstić information content (AvgIpc) is 3.00. The van der Waals surface area contributed by atoms with Gasteiger partial charge in [-0.1, -0.05) is 30.0 Å². The fourth-order valence-electron chi connectivity index (χ4n) is 2.49. The van der Waals surface area contributed by atoms with Crippen molar-refractivity contribution in [2.24, 2.45) is 10.2 Å². The number of nitrogens with zero attached hydrogens (tertiary/aromatic N) is 2. The maximum absolute atomic E-state index is 12.1. The Labute approximate surface area is 165 Å². The highest BCUT2D eigenvalue weighted by molar-refractivity contribution is 8.15. The Bertz CT molecular complexity index is 960. The van der Waals surface area contributed by atoms with E-state index in [0.29, 0.717) is 17.0 Å². The second-order valence-corrected chi connectivity index (χ2v) is 7.20. The molecule has 2 aromatic carbocycles. The van der Waals surface area contributed by atoms with Gasteiger partial charge in [-0.05, 0) is 31.2 Å². The third-order valence-corrected chi connectivity index (χ3v) is 4.94. The second kappa shape index (κ2) is 8.57. The zero-order valence-corrected chi connectivity index (χ0v) is 15.7. The lowest BCUT2D eigenvalue weighted by Gasteiger charge is -2.06. The largest absolute Gasteiger partial charge is 0.508 e. The number of carbonyl (C=O) groups excluding carboxylic acids is 2. The van der Waals surface area contributed by atoms with E-state index in [9.17, 15) is 19.8 Å². The van der Waals surface area contributed by atoms with E-state index in [2.05, 4.69) is 20.8 Å². The number of para-hydroxylation sites is 1. The first kappa shape index (κ1) is 19.4. The van der Waals surface area contributed by atoms with Crippen molar-refractivity contribution in [3.63, 3.8) is 0 Å². The summed E-state index contributed by atoms with van der Waals surface area (Å²) < 4.78 is 0. The van der Waals surface area contributed by atoms with Crippen LogP contribution < -0.4 is 10.6 Å². The molecule has 28 heavy (non-hydrogen) atoms. The van der Waals surface area contributed by atoms with Crippen LogP contribution >= 0.6 is 11.8 Å². The van der Waals surface area contributed by atoms with Crippen molar-refractivity contribution in [2.45, 2.75) is 18.6 Å². The summed E-state index contributed by atoms with van der Waals surface area (Å²) >= 11 is 1.12. The molecule has 9 heteroatoms. The molecule has 0 radical (unpaired) electrons. The smallest absolute Gasteiger partial charge is 0.240 e. The summed E-state index contributed by atoms with van der Waals surface area (Å²) in [7, 11) is 0. The minimum Gasteiger partial charge on any atom is -0.508 e. The fourth-order valence-corrected chi connectivity index (χ4v) is 3.41. The Morgan fingerprint density at radius 1 is 1.21 bits per heavy atom. The number of rotatable bonds is 5. The topological polar surface area (TPSA) is 123 Å². The first-order valence-electron chi connectivity index (χ1n) is 8.39. The molecule has 1 aliphatic rings. The lowest BCUT2D eigenvalue weighted by Crippen LogP contribution is -2.28. The summed E-state index contributed by atoms with van der Waals surface area (Å²) in [6, 6.07) is 13.1. The quantitative estimate of drug-likeness (QED) is 0.455. The molecule has 2 amide bonds. The summed E-state index contributed by atoms with van der Waals surface area (Å²) in [4.78, 5) is 24.2. The molecule has 1 heterocycles. The van der Waals surface area contributed by atoms with E-state index in [1.54, 1.807) is 19.1 Å². The third kappa shape index (κ3) is 4.89. The van der Waals surface area contributed by atoms with Gasteiger partial charge in [-0.3, -0.25) is 9.59 Å². The molecule has 0 spiro atoms. The molecule has 1 unspecified atom stereocenters. The number of phenols is 2. The van der Waals surface area contributed by atoms with Crippen LogP contribution in [0.3, 0.4) is 0 Å². The van der Waals surface area contributed by atoms with E-state index in [4.69, 9.17) is 0 Å². The highest BCUT2D eigenvalue weighted by Crippen LogP contribution is 2.25. The van der Waals surface area contributed by atoms with E-state index < -0.39 is 5.25 Å². The Hall–Kier alpha value is -3.33. The number of phenolic OH excluding ortho intramolecular Hbond substituents is 2. The first-order valence-corrected chi connectivity index (χ1v) is 9.27. The predicted molar refractivity (Wildman–Crippen MR) is 109 cm³/mol. The van der Waals surface area contributed by atoms with E-state index in [1.807, 2.05) is 18.2 Å². The first-order chi connectivity index (χ1) is 13.4. The normalized spacial score (nSPS) is 18.2. The van der Waals surface area contributed by atoms with Gasteiger partial charge in [0.15, 0.2) is 5.17 Å². The number of aromatic hydroxyl groups is 2. The number of hydrogen-bond acceptors (Lipinski definition) is 7. The van der Waals surface area contributed by atoms with Gasteiger partial charge in [0, 0.05) is 23.7 Å². The molecule has 8 nitrogen and oxygen atoms in total. The summed E-state index contributed by atoms with van der Waals surface area (Å²) in [6.07, 6.45) is 0.00581. The van der Waals surface area contributed by atoms with Gasteiger partial charge in [0.25, 0.3) is 0 Å². The summed E-state index contributed by atoms with van der Waals surface area (Å²) in [6.45, 7) is 1.64. The minimum absolute atomic E-state index is 0.00581. The molecule has 144 valence electrons. The monoisotopic (exact) mass is 398 g/mol. The van der Waals surface area contributed by atoms with E-state index in [1.165, 1.54) is 18.2 Å². The molecule has 4 N–H and O–H groups in total. The molecule has 2 aromatic rings. The maximum Gasteiger partial charge on any atom is 0.240 e. The molecule has 0 bridgehead atoms. The molecule has 1 aliphatic heterocycles. The van der Waals surface area contributed by atoms with Crippen LogP contribution in [0.25, 0.3) is 0 Å². The van der Waals surface area contributed by atoms with Gasteiger partial charge in [-0.15, -0.1) is 5.10 Å². The summed E-state index contributed by atoms with van der Waals surface area (Å²) in [5.41, 5.74) is 1.49. The molecule has 0 saturated carbocycles. The van der Waals surface area contributed by atoms with Gasteiger partial charge in [-0.25, -0.2) is 0 Å². The number of benzene rings is 2. The van der Waals surface area contributed by atoms with Crippen molar-refractivity contribution >= 4 is 40.1 Å². The standard InChI is InChI=1S/C19H18N4O4S/c1-11(14-8-7-13(24)9-15(14)25)22-23-19-21-18(27)16(28-19)10-17(26)20-12-5-3-2-4-6-12/h2-9,16,24-25H,10H2,1H3,(H,20,26)(H,21,23,27)/b22-11+. The lowest BCUT2D eigenvalue weighted by atomic mass is 10.1. The van der Waals surface area contributed by atoms with Gasteiger partial charge in [-0.2, -0.15) is 5.10 Å². The Balaban J connectivity index is 1.62. The van der Waals surface area contributed by atoms with Crippen molar-refractivity contribution in [3.05, 3.63) is 54.1 Å². The van der Waals surface area contributed by atoms with Crippen molar-refractivity contribution in [2.75, 3.05) is 5.32 Å². The number of hydrogen-bond donors (Lipinski definition) is 4. The molecule has 0 aliphatic carbocycles. The highest BCUT2D eigenvalue weighted by atomic mass is 32.2. The van der Waals surface area contributed by atoms with Crippen LogP contribution in [-0.2, 0) is 9.59 Å². The Morgan fingerprint density at radius 3 is 2.68 bits per heavy atom. The van der Waals surface area contributed by atoms with Crippen molar-refractivity contribution < 1.29 is 19.8 Å². The fraction of sp³-hybridized carbons (Fsp3) is 0.158. The molecule has 1 fully saturated rings. The number of amides is 2. The lowest BCUT2D eigenvalue weighted by molar-refractivity contribution is -0.122. The van der Waals surface area contributed by atoms with E-state index >= 15 is 0 Å². The highest BCUT2D eigenvalue weighted by Gasteiger charge is 2.32. The van der Waals surface area contributed by atoms with E-state index in [0.717, 1.165) is 11.8 Å². The van der Waals surface area contributed by atoms with Crippen LogP contribution in [0.1, 0.15) is 18.9 Å². The van der Waals surface area contributed by atoms with Crippen molar-refractivity contribution in [3.8, 4) is 11.5 Å². The SMILES string of the molecule is C/C(=N\N=C1\NC(=O)C(CC(=O)Nc2ccccc2)S1)c1ccc(O)cc1O. The van der Waals surface area contributed by atoms with Crippen LogP contribution in [0.5, 0.6) is 11.5 Å². The van der Waals surface area contributed by atoms with Crippen LogP contribution in [0.4, 0.5) is 5.69 Å². The summed E-state index contributed by atoms with van der Waals surface area (Å²) in [5, 5.41) is 32.2. The van der Waals surface area contributed by atoms with Gasteiger partial charge in [0.05, 0.1) is 5.71 Å². The van der Waals surface area contributed by atoms with Crippen molar-refractivity contribution in [1.29, 1.82) is 0 Å². The molecule has 1 saturated heterocycles. The van der Waals surface area contributed by atoms with Gasteiger partial charge in [0.2, 0.25) is 11.8 Å². The van der Waals surface area contributed by atoms with Gasteiger partial charge in [0.1, 0.15) is 16.7 Å². The molecule has 1 atom stereocenters. The number of nitrogens with one attached hydrogen (secondary N) is 2. The molecule has 3 rings (SSSR count). The predicted octanol–water partition coefficient (Wildman–Crippen LogP) is 2.44.